The molecular formula is C10H13Br2NO. The highest BCUT2D eigenvalue weighted by Gasteiger charge is 2.07. The van der Waals surface area contributed by atoms with Gasteiger partial charge in [0.15, 0.2) is 0 Å². The number of hydrogen-bond acceptors (Lipinski definition) is 2. The van der Waals surface area contributed by atoms with E-state index in [0.717, 1.165) is 14.6 Å². The van der Waals surface area contributed by atoms with Crippen LogP contribution in [0.25, 0.3) is 0 Å². The van der Waals surface area contributed by atoms with E-state index in [1.54, 1.807) is 0 Å². The van der Waals surface area contributed by atoms with Crippen LogP contribution in [0.5, 0.6) is 5.88 Å². The SMILES string of the molecule is Cc1nc(OCC(C)C)c(Br)cc1Br. The van der Waals surface area contributed by atoms with Crippen LogP contribution in [0.3, 0.4) is 0 Å². The van der Waals surface area contributed by atoms with Crippen LogP contribution in [0, 0.1) is 12.8 Å². The maximum Gasteiger partial charge on any atom is 0.228 e. The first-order chi connectivity index (χ1) is 6.50. The molecule has 0 radical (unpaired) electrons. The zero-order valence-corrected chi connectivity index (χ0v) is 11.6. The fraction of sp³-hybridized carbons (Fsp3) is 0.500. The van der Waals surface area contributed by atoms with Gasteiger partial charge in [-0.05, 0) is 50.8 Å². The summed E-state index contributed by atoms with van der Waals surface area (Å²) in [5, 5.41) is 0. The van der Waals surface area contributed by atoms with Crippen molar-refractivity contribution in [1.82, 2.24) is 4.98 Å². The first-order valence-corrected chi connectivity index (χ1v) is 6.04. The number of halogens is 2. The molecule has 0 bridgehead atoms. The standard InChI is InChI=1S/C10H13Br2NO/c1-6(2)5-14-10-9(12)4-8(11)7(3)13-10/h4,6H,5H2,1-3H3. The molecule has 4 heteroatoms. The van der Waals surface area contributed by atoms with Gasteiger partial charge in [0.2, 0.25) is 5.88 Å². The number of pyridine rings is 1. The second-order valence-electron chi connectivity index (χ2n) is 3.55. The molecule has 1 aromatic rings. The number of aryl methyl sites for hydroxylation is 1. The Kier molecular flexibility index (Phi) is 4.38. The van der Waals surface area contributed by atoms with Crippen LogP contribution in [-0.4, -0.2) is 11.6 Å². The van der Waals surface area contributed by atoms with Crippen molar-refractivity contribution in [2.24, 2.45) is 5.92 Å². The van der Waals surface area contributed by atoms with E-state index in [1.807, 2.05) is 13.0 Å². The van der Waals surface area contributed by atoms with Gasteiger partial charge in [-0.2, -0.15) is 0 Å². The molecule has 2 nitrogen and oxygen atoms in total. The Labute approximate surface area is 101 Å². The molecule has 14 heavy (non-hydrogen) atoms. The lowest BCUT2D eigenvalue weighted by molar-refractivity contribution is 0.259. The Morgan fingerprint density at radius 3 is 2.57 bits per heavy atom. The third-order valence-electron chi connectivity index (χ3n) is 1.63. The molecule has 0 atom stereocenters. The molecule has 0 aromatic carbocycles. The van der Waals surface area contributed by atoms with Crippen LogP contribution in [0.1, 0.15) is 19.5 Å². The predicted molar refractivity (Wildman–Crippen MR) is 64.7 cm³/mol. The van der Waals surface area contributed by atoms with E-state index >= 15 is 0 Å². The Morgan fingerprint density at radius 1 is 1.36 bits per heavy atom. The van der Waals surface area contributed by atoms with Gasteiger partial charge in [-0.15, -0.1) is 0 Å². The second kappa shape index (κ2) is 5.12. The normalized spacial score (nSPS) is 10.7. The first kappa shape index (κ1) is 12.0. The van der Waals surface area contributed by atoms with Crippen LogP contribution in [0.4, 0.5) is 0 Å². The van der Waals surface area contributed by atoms with Gasteiger partial charge in [0.1, 0.15) is 0 Å². The lowest BCUT2D eigenvalue weighted by Crippen LogP contribution is -2.06. The summed E-state index contributed by atoms with van der Waals surface area (Å²) < 4.78 is 7.43. The second-order valence-corrected chi connectivity index (χ2v) is 5.26. The molecular weight excluding hydrogens is 310 g/mol. The summed E-state index contributed by atoms with van der Waals surface area (Å²) >= 11 is 6.83. The molecule has 0 aliphatic rings. The van der Waals surface area contributed by atoms with Crippen LogP contribution >= 0.6 is 31.9 Å². The van der Waals surface area contributed by atoms with Crippen molar-refractivity contribution in [3.63, 3.8) is 0 Å². The minimum Gasteiger partial charge on any atom is -0.477 e. The van der Waals surface area contributed by atoms with Gasteiger partial charge < -0.3 is 4.74 Å². The summed E-state index contributed by atoms with van der Waals surface area (Å²) in [6, 6.07) is 1.96. The molecule has 0 saturated carbocycles. The third-order valence-corrected chi connectivity index (χ3v) is 3.00. The summed E-state index contributed by atoms with van der Waals surface area (Å²) in [7, 11) is 0. The van der Waals surface area contributed by atoms with E-state index < -0.39 is 0 Å². The minimum absolute atomic E-state index is 0.507. The van der Waals surface area contributed by atoms with Crippen molar-refractivity contribution in [2.45, 2.75) is 20.8 Å². The van der Waals surface area contributed by atoms with Gasteiger partial charge in [0.05, 0.1) is 16.8 Å². The highest BCUT2D eigenvalue weighted by molar-refractivity contribution is 9.11. The maximum absolute atomic E-state index is 5.56. The number of nitrogens with zero attached hydrogens (tertiary/aromatic N) is 1. The average Bonchev–Trinajstić information content (AvgIpc) is 2.09. The molecule has 1 heterocycles. The quantitative estimate of drug-likeness (QED) is 0.840. The van der Waals surface area contributed by atoms with Crippen LogP contribution < -0.4 is 4.74 Å². The van der Waals surface area contributed by atoms with Crippen molar-refractivity contribution in [1.29, 1.82) is 0 Å². The zero-order chi connectivity index (χ0) is 10.7. The third kappa shape index (κ3) is 3.24. The van der Waals surface area contributed by atoms with E-state index in [4.69, 9.17) is 4.74 Å². The van der Waals surface area contributed by atoms with Crippen molar-refractivity contribution in [3.05, 3.63) is 20.7 Å². The molecule has 1 rings (SSSR count). The van der Waals surface area contributed by atoms with E-state index in [9.17, 15) is 0 Å². The van der Waals surface area contributed by atoms with E-state index in [0.29, 0.717) is 18.4 Å². The predicted octanol–water partition coefficient (Wildman–Crippen LogP) is 3.95. The van der Waals surface area contributed by atoms with Gasteiger partial charge >= 0.3 is 0 Å². The number of hydrogen-bond donors (Lipinski definition) is 0. The Bertz CT molecular complexity index is 326. The van der Waals surface area contributed by atoms with Gasteiger partial charge in [-0.3, -0.25) is 0 Å². The first-order valence-electron chi connectivity index (χ1n) is 4.46. The van der Waals surface area contributed by atoms with Gasteiger partial charge in [0, 0.05) is 4.47 Å². The lowest BCUT2D eigenvalue weighted by atomic mass is 10.2. The fourth-order valence-corrected chi connectivity index (χ4v) is 1.94. The molecule has 0 amide bonds. The molecule has 78 valence electrons. The molecule has 0 N–H and O–H groups in total. The summed E-state index contributed by atoms with van der Waals surface area (Å²) in [6.45, 7) is 6.85. The van der Waals surface area contributed by atoms with Crippen molar-refractivity contribution < 1.29 is 4.74 Å². The Hall–Kier alpha value is -0.0900. The van der Waals surface area contributed by atoms with Crippen LogP contribution in [-0.2, 0) is 0 Å². The zero-order valence-electron chi connectivity index (χ0n) is 8.47. The van der Waals surface area contributed by atoms with E-state index in [-0.39, 0.29) is 0 Å². The van der Waals surface area contributed by atoms with Crippen molar-refractivity contribution in [2.75, 3.05) is 6.61 Å². The number of aromatic nitrogens is 1. The van der Waals surface area contributed by atoms with Gasteiger partial charge in [-0.1, -0.05) is 13.8 Å². The van der Waals surface area contributed by atoms with E-state index in [1.165, 1.54) is 0 Å². The summed E-state index contributed by atoms with van der Waals surface area (Å²) in [5.74, 6) is 1.17. The molecule has 0 fully saturated rings. The van der Waals surface area contributed by atoms with E-state index in [2.05, 4.69) is 50.7 Å². The maximum atomic E-state index is 5.56. The molecule has 0 aliphatic heterocycles. The molecule has 0 unspecified atom stereocenters. The highest BCUT2D eigenvalue weighted by Crippen LogP contribution is 2.28. The molecule has 0 aliphatic carbocycles. The minimum atomic E-state index is 0.507. The number of ether oxygens (including phenoxy) is 1. The van der Waals surface area contributed by atoms with Crippen LogP contribution in [0.15, 0.2) is 15.0 Å². The lowest BCUT2D eigenvalue weighted by Gasteiger charge is -2.10. The fourth-order valence-electron chi connectivity index (χ4n) is 0.883. The van der Waals surface area contributed by atoms with Crippen molar-refractivity contribution in [3.8, 4) is 5.88 Å². The molecule has 1 aromatic heterocycles. The summed E-state index contributed by atoms with van der Waals surface area (Å²) in [6.07, 6.45) is 0. The smallest absolute Gasteiger partial charge is 0.228 e. The number of rotatable bonds is 3. The van der Waals surface area contributed by atoms with Crippen molar-refractivity contribution >= 4 is 31.9 Å². The Balaban J connectivity index is 2.82. The highest BCUT2D eigenvalue weighted by atomic mass is 79.9. The van der Waals surface area contributed by atoms with Gasteiger partial charge in [-0.25, -0.2) is 4.98 Å². The topological polar surface area (TPSA) is 22.1 Å². The molecule has 0 saturated heterocycles. The average molecular weight is 323 g/mol. The monoisotopic (exact) mass is 321 g/mol. The largest absolute Gasteiger partial charge is 0.477 e. The summed E-state index contributed by atoms with van der Waals surface area (Å²) in [4.78, 5) is 4.33. The van der Waals surface area contributed by atoms with Crippen LogP contribution in [0.2, 0.25) is 0 Å². The van der Waals surface area contributed by atoms with Gasteiger partial charge in [0.25, 0.3) is 0 Å². The molecule has 0 spiro atoms. The Morgan fingerprint density at radius 2 is 2.00 bits per heavy atom. The summed E-state index contributed by atoms with van der Waals surface area (Å²) in [5.41, 5.74) is 0.937.